The lowest BCUT2D eigenvalue weighted by Crippen LogP contribution is -2.29. The zero-order chi connectivity index (χ0) is 25.8. The number of amides is 1. The van der Waals surface area contributed by atoms with Crippen LogP contribution in [0.4, 0.5) is 10.1 Å². The summed E-state index contributed by atoms with van der Waals surface area (Å²) < 4.78 is 19.5. The van der Waals surface area contributed by atoms with Gasteiger partial charge in [0.2, 0.25) is 0 Å². The lowest BCUT2D eigenvalue weighted by Gasteiger charge is -2.26. The van der Waals surface area contributed by atoms with Crippen LogP contribution in [0.3, 0.4) is 0 Å². The standard InChI is InChI=1S/C30H30FNO4/c1-4-5-6-15-36-25-13-9-22(10-14-25)28(33)26-27(21-7-11-23(31)12-8-21)32(30(35)29(26)34)24-17-19(2)16-20(3)18-24/h7-14,16-18,27,33H,4-6,15H2,1-3H3/b28-26+. The Balaban J connectivity index is 1.77. The maximum Gasteiger partial charge on any atom is 0.300 e. The summed E-state index contributed by atoms with van der Waals surface area (Å²) >= 11 is 0. The van der Waals surface area contributed by atoms with Gasteiger partial charge in [0.1, 0.15) is 17.3 Å². The first-order valence-corrected chi connectivity index (χ1v) is 12.2. The molecule has 1 unspecified atom stereocenters. The highest BCUT2D eigenvalue weighted by atomic mass is 19.1. The van der Waals surface area contributed by atoms with E-state index in [9.17, 15) is 19.1 Å². The minimum atomic E-state index is -0.906. The Morgan fingerprint density at radius 1 is 0.944 bits per heavy atom. The van der Waals surface area contributed by atoms with Crippen LogP contribution in [0, 0.1) is 19.7 Å². The number of aliphatic hydroxyl groups is 1. The van der Waals surface area contributed by atoms with Crippen molar-refractivity contribution in [1.29, 1.82) is 0 Å². The Kier molecular flexibility index (Phi) is 7.53. The largest absolute Gasteiger partial charge is 0.507 e. The molecule has 1 aliphatic heterocycles. The first-order valence-electron chi connectivity index (χ1n) is 12.2. The quantitative estimate of drug-likeness (QED) is 0.167. The molecule has 1 amide bonds. The molecule has 36 heavy (non-hydrogen) atoms. The Bertz CT molecular complexity index is 1280. The highest BCUT2D eigenvalue weighted by molar-refractivity contribution is 6.51. The molecule has 0 bridgehead atoms. The maximum atomic E-state index is 13.7. The number of rotatable bonds is 8. The van der Waals surface area contributed by atoms with Crippen LogP contribution in [0.25, 0.3) is 5.76 Å². The third-order valence-electron chi connectivity index (χ3n) is 6.26. The number of Topliss-reactive ketones (excluding diaryl/α,β-unsaturated/α-hetero) is 1. The lowest BCUT2D eigenvalue weighted by atomic mass is 9.95. The summed E-state index contributed by atoms with van der Waals surface area (Å²) in [5, 5.41) is 11.3. The number of ether oxygens (including phenoxy) is 1. The molecule has 1 heterocycles. The van der Waals surface area contributed by atoms with E-state index in [-0.39, 0.29) is 11.3 Å². The van der Waals surface area contributed by atoms with Gasteiger partial charge >= 0.3 is 0 Å². The van der Waals surface area contributed by atoms with Crippen LogP contribution in [0.2, 0.25) is 0 Å². The van der Waals surface area contributed by atoms with E-state index in [2.05, 4.69) is 6.92 Å². The zero-order valence-corrected chi connectivity index (χ0v) is 20.8. The van der Waals surface area contributed by atoms with E-state index < -0.39 is 23.5 Å². The van der Waals surface area contributed by atoms with E-state index in [0.717, 1.165) is 30.4 Å². The van der Waals surface area contributed by atoms with Crippen molar-refractivity contribution in [1.82, 2.24) is 0 Å². The number of nitrogens with zero attached hydrogens (tertiary/aromatic N) is 1. The van der Waals surface area contributed by atoms with Crippen molar-refractivity contribution in [2.75, 3.05) is 11.5 Å². The summed E-state index contributed by atoms with van der Waals surface area (Å²) in [5.41, 5.74) is 3.27. The number of hydrogen-bond acceptors (Lipinski definition) is 4. The van der Waals surface area contributed by atoms with Crippen LogP contribution >= 0.6 is 0 Å². The fourth-order valence-corrected chi connectivity index (χ4v) is 4.56. The van der Waals surface area contributed by atoms with E-state index in [4.69, 9.17) is 4.74 Å². The number of halogens is 1. The summed E-state index contributed by atoms with van der Waals surface area (Å²) in [4.78, 5) is 28.0. The lowest BCUT2D eigenvalue weighted by molar-refractivity contribution is -0.132. The van der Waals surface area contributed by atoms with Crippen LogP contribution in [0.15, 0.2) is 72.3 Å². The van der Waals surface area contributed by atoms with E-state index in [1.54, 1.807) is 24.3 Å². The molecular weight excluding hydrogens is 457 g/mol. The van der Waals surface area contributed by atoms with Gasteiger partial charge in [0.15, 0.2) is 0 Å². The van der Waals surface area contributed by atoms with Gasteiger partial charge in [0, 0.05) is 11.3 Å². The third kappa shape index (κ3) is 5.18. The molecule has 4 rings (SSSR count). The Morgan fingerprint density at radius 2 is 1.58 bits per heavy atom. The number of unbranched alkanes of at least 4 members (excludes halogenated alkanes) is 2. The molecule has 5 nitrogen and oxygen atoms in total. The van der Waals surface area contributed by atoms with Gasteiger partial charge in [-0.1, -0.05) is 38.0 Å². The van der Waals surface area contributed by atoms with Crippen LogP contribution in [-0.4, -0.2) is 23.4 Å². The summed E-state index contributed by atoms with van der Waals surface area (Å²) in [7, 11) is 0. The molecule has 3 aromatic carbocycles. The molecule has 0 aromatic heterocycles. The maximum absolute atomic E-state index is 13.7. The van der Waals surface area contributed by atoms with Crippen molar-refractivity contribution < 1.29 is 23.8 Å². The van der Waals surface area contributed by atoms with Crippen molar-refractivity contribution >= 4 is 23.1 Å². The van der Waals surface area contributed by atoms with E-state index in [0.29, 0.717) is 29.2 Å². The smallest absolute Gasteiger partial charge is 0.300 e. The van der Waals surface area contributed by atoms with Gasteiger partial charge in [0.25, 0.3) is 11.7 Å². The Hall–Kier alpha value is -3.93. The second kappa shape index (κ2) is 10.8. The number of aryl methyl sites for hydroxylation is 2. The first-order chi connectivity index (χ1) is 17.3. The molecular formula is C30H30FNO4. The number of carbonyl (C=O) groups is 2. The number of anilines is 1. The van der Waals surface area contributed by atoms with Crippen molar-refractivity contribution in [2.24, 2.45) is 0 Å². The Labute approximate surface area is 210 Å². The minimum Gasteiger partial charge on any atom is -0.507 e. The van der Waals surface area contributed by atoms with Gasteiger partial charge in [0.05, 0.1) is 18.2 Å². The number of carbonyl (C=O) groups excluding carboxylic acids is 2. The topological polar surface area (TPSA) is 66.8 Å². The van der Waals surface area contributed by atoms with Crippen LogP contribution in [0.1, 0.15) is 54.5 Å². The van der Waals surface area contributed by atoms with Crippen molar-refractivity contribution in [3.05, 3.63) is 100 Å². The van der Waals surface area contributed by atoms with E-state index in [1.807, 2.05) is 32.0 Å². The number of hydrogen-bond donors (Lipinski definition) is 1. The molecule has 0 radical (unpaired) electrons. The van der Waals surface area contributed by atoms with Crippen molar-refractivity contribution in [3.63, 3.8) is 0 Å². The molecule has 1 atom stereocenters. The predicted octanol–water partition coefficient (Wildman–Crippen LogP) is 6.64. The number of aliphatic hydroxyl groups excluding tert-OH is 1. The van der Waals surface area contributed by atoms with Crippen LogP contribution in [-0.2, 0) is 9.59 Å². The number of benzene rings is 3. The average molecular weight is 488 g/mol. The molecule has 0 spiro atoms. The molecule has 3 aromatic rings. The molecule has 0 aliphatic carbocycles. The van der Waals surface area contributed by atoms with Crippen LogP contribution in [0.5, 0.6) is 5.75 Å². The molecule has 1 N–H and O–H groups in total. The molecule has 1 saturated heterocycles. The second-order valence-corrected chi connectivity index (χ2v) is 9.15. The highest BCUT2D eigenvalue weighted by Gasteiger charge is 2.47. The summed E-state index contributed by atoms with van der Waals surface area (Å²) in [6.45, 7) is 6.54. The summed E-state index contributed by atoms with van der Waals surface area (Å²) in [6.07, 6.45) is 3.14. The van der Waals surface area contributed by atoms with Gasteiger partial charge in [-0.3, -0.25) is 14.5 Å². The molecule has 186 valence electrons. The molecule has 6 heteroatoms. The SMILES string of the molecule is CCCCCOc1ccc(/C(O)=C2\C(=O)C(=O)N(c3cc(C)cc(C)c3)C2c2ccc(F)cc2)cc1. The van der Waals surface area contributed by atoms with Crippen molar-refractivity contribution in [3.8, 4) is 5.75 Å². The first kappa shape index (κ1) is 25.2. The van der Waals surface area contributed by atoms with Gasteiger partial charge in [-0.25, -0.2) is 4.39 Å². The van der Waals surface area contributed by atoms with E-state index in [1.165, 1.54) is 29.2 Å². The van der Waals surface area contributed by atoms with Gasteiger partial charge in [-0.2, -0.15) is 0 Å². The molecule has 0 saturated carbocycles. The van der Waals surface area contributed by atoms with Gasteiger partial charge < -0.3 is 9.84 Å². The van der Waals surface area contributed by atoms with Gasteiger partial charge in [-0.05, 0) is 85.5 Å². The van der Waals surface area contributed by atoms with Crippen molar-refractivity contribution in [2.45, 2.75) is 46.1 Å². The highest BCUT2D eigenvalue weighted by Crippen LogP contribution is 2.42. The average Bonchev–Trinajstić information content (AvgIpc) is 3.12. The monoisotopic (exact) mass is 487 g/mol. The second-order valence-electron chi connectivity index (χ2n) is 9.15. The van der Waals surface area contributed by atoms with Gasteiger partial charge in [-0.15, -0.1) is 0 Å². The minimum absolute atomic E-state index is 0.0395. The molecule has 1 fully saturated rings. The fourth-order valence-electron chi connectivity index (χ4n) is 4.56. The van der Waals surface area contributed by atoms with E-state index >= 15 is 0 Å². The van der Waals surface area contributed by atoms with Crippen LogP contribution < -0.4 is 9.64 Å². The zero-order valence-electron chi connectivity index (χ0n) is 20.8. The normalized spacial score (nSPS) is 17.0. The number of ketones is 1. The fraction of sp³-hybridized carbons (Fsp3) is 0.267. The Morgan fingerprint density at radius 3 is 2.19 bits per heavy atom. The predicted molar refractivity (Wildman–Crippen MR) is 139 cm³/mol. The molecule has 1 aliphatic rings. The summed E-state index contributed by atoms with van der Waals surface area (Å²) in [5.74, 6) is -1.59. The summed E-state index contributed by atoms with van der Waals surface area (Å²) in [6, 6.07) is 17.1. The third-order valence-corrected chi connectivity index (χ3v) is 6.26.